The highest BCUT2D eigenvalue weighted by Gasteiger charge is 2.35. The van der Waals surface area contributed by atoms with Crippen LogP contribution in [0, 0.1) is 0 Å². The Morgan fingerprint density at radius 1 is 0.423 bits per heavy atom. The molecule has 52 heavy (non-hydrogen) atoms. The van der Waals surface area contributed by atoms with Gasteiger partial charge in [-0.3, -0.25) is 0 Å². The second-order valence-electron chi connectivity index (χ2n) is 13.3. The molecule has 2 atom stereocenters. The highest BCUT2D eigenvalue weighted by atomic mass is 16.5. The highest BCUT2D eigenvalue weighted by Crippen LogP contribution is 2.50. The van der Waals surface area contributed by atoms with Crippen LogP contribution in [0.25, 0.3) is 33.1 Å². The van der Waals surface area contributed by atoms with E-state index in [1.165, 1.54) is 5.56 Å². The SMILES string of the molecule is C1=CC2Oc3c(cccc3N(c3ccccc3)c3ccc(-c4ccc(N(c5ccccc5)c5cccc6c5oc5ccccc56)cc4)cc3)C2C=C1. The van der Waals surface area contributed by atoms with Gasteiger partial charge in [0.25, 0.3) is 0 Å². The minimum absolute atomic E-state index is 0.0218. The topological polar surface area (TPSA) is 28.9 Å². The number of benzene rings is 7. The number of nitrogens with zero attached hydrogens (tertiary/aromatic N) is 2. The molecular weight excluding hydrogens is 637 g/mol. The lowest BCUT2D eigenvalue weighted by Crippen LogP contribution is -2.16. The molecule has 4 heteroatoms. The minimum atomic E-state index is 0.0218. The van der Waals surface area contributed by atoms with Crippen molar-refractivity contribution in [2.45, 2.75) is 12.0 Å². The summed E-state index contributed by atoms with van der Waals surface area (Å²) < 4.78 is 13.1. The Hall–Kier alpha value is -6.78. The lowest BCUT2D eigenvalue weighted by atomic mass is 9.92. The standard InChI is InChI=1S/C48H34N2O2/c1-3-13-35(14-4-1)49(43-21-11-19-41-39-17-7-9-23-45(39)51-47(41)43)37-29-25-33(26-30-37)34-27-31-38(32-28-34)50(36-15-5-2-6-16-36)44-22-12-20-42-40-18-8-10-24-46(40)52-48(42)44/h1-32,39,45H. The summed E-state index contributed by atoms with van der Waals surface area (Å²) in [5.41, 5.74) is 11.6. The van der Waals surface area contributed by atoms with Crippen LogP contribution in [0.1, 0.15) is 11.5 Å². The maximum atomic E-state index is 6.60. The molecule has 1 aliphatic heterocycles. The fraction of sp³-hybridized carbons (Fsp3) is 0.0417. The van der Waals surface area contributed by atoms with Gasteiger partial charge in [-0.25, -0.2) is 0 Å². The van der Waals surface area contributed by atoms with Crippen molar-refractivity contribution in [3.05, 3.63) is 200 Å². The number of rotatable bonds is 7. The molecule has 0 spiro atoms. The number of furan rings is 1. The quantitative estimate of drug-likeness (QED) is 0.169. The average molecular weight is 671 g/mol. The van der Waals surface area contributed by atoms with Gasteiger partial charge < -0.3 is 19.0 Å². The lowest BCUT2D eigenvalue weighted by Gasteiger charge is -2.27. The summed E-state index contributed by atoms with van der Waals surface area (Å²) in [5.74, 6) is 1.17. The third-order valence-corrected chi connectivity index (χ3v) is 10.2. The van der Waals surface area contributed by atoms with Gasteiger partial charge in [0.15, 0.2) is 5.58 Å². The van der Waals surface area contributed by atoms with Crippen molar-refractivity contribution in [3.8, 4) is 16.9 Å². The zero-order valence-corrected chi connectivity index (χ0v) is 28.3. The van der Waals surface area contributed by atoms with Gasteiger partial charge in [-0.1, -0.05) is 121 Å². The Balaban J connectivity index is 1.01. The van der Waals surface area contributed by atoms with Crippen LogP contribution in [0.2, 0.25) is 0 Å². The van der Waals surface area contributed by atoms with E-state index >= 15 is 0 Å². The van der Waals surface area contributed by atoms with E-state index in [4.69, 9.17) is 9.15 Å². The summed E-state index contributed by atoms with van der Waals surface area (Å²) in [6, 6.07) is 59.8. The largest absolute Gasteiger partial charge is 0.483 e. The van der Waals surface area contributed by atoms with E-state index in [0.29, 0.717) is 0 Å². The zero-order chi connectivity index (χ0) is 34.4. The Morgan fingerprint density at radius 3 is 1.65 bits per heavy atom. The molecular formula is C48H34N2O2. The maximum absolute atomic E-state index is 6.60. The third kappa shape index (κ3) is 5.07. The molecule has 0 N–H and O–H groups in total. The first-order valence-corrected chi connectivity index (χ1v) is 17.8. The van der Waals surface area contributed by atoms with Gasteiger partial charge in [-0.2, -0.15) is 0 Å². The maximum Gasteiger partial charge on any atom is 0.159 e. The van der Waals surface area contributed by atoms with Crippen molar-refractivity contribution in [1.29, 1.82) is 0 Å². The normalized spacial score (nSPS) is 15.7. The Morgan fingerprint density at radius 2 is 0.962 bits per heavy atom. The number of fused-ring (bicyclic) bond motifs is 6. The first-order chi connectivity index (χ1) is 25.8. The summed E-state index contributed by atoms with van der Waals surface area (Å²) in [6.07, 6.45) is 8.61. The molecule has 2 unspecified atom stereocenters. The van der Waals surface area contributed by atoms with Gasteiger partial charge in [0.1, 0.15) is 17.4 Å². The van der Waals surface area contributed by atoms with Crippen LogP contribution in [0.5, 0.6) is 5.75 Å². The predicted molar refractivity (Wildman–Crippen MR) is 214 cm³/mol. The van der Waals surface area contributed by atoms with Crippen LogP contribution >= 0.6 is 0 Å². The molecule has 248 valence electrons. The Kier molecular flexibility index (Phi) is 7.24. The van der Waals surface area contributed by atoms with Crippen molar-refractivity contribution in [3.63, 3.8) is 0 Å². The van der Waals surface area contributed by atoms with Crippen LogP contribution in [-0.2, 0) is 0 Å². The van der Waals surface area contributed by atoms with Crippen LogP contribution in [0.3, 0.4) is 0 Å². The van der Waals surface area contributed by atoms with E-state index < -0.39 is 0 Å². The van der Waals surface area contributed by atoms with Gasteiger partial charge in [0.05, 0.1) is 11.4 Å². The van der Waals surface area contributed by atoms with Crippen molar-refractivity contribution in [2.24, 2.45) is 0 Å². The van der Waals surface area contributed by atoms with Gasteiger partial charge in [-0.05, 0) is 83.9 Å². The zero-order valence-electron chi connectivity index (χ0n) is 28.3. The number of hydrogen-bond donors (Lipinski definition) is 0. The van der Waals surface area contributed by atoms with Crippen LogP contribution < -0.4 is 14.5 Å². The smallest absolute Gasteiger partial charge is 0.159 e. The Bertz CT molecular complexity index is 2610. The molecule has 2 heterocycles. The summed E-state index contributed by atoms with van der Waals surface area (Å²) in [6.45, 7) is 0. The molecule has 1 aliphatic carbocycles. The van der Waals surface area contributed by atoms with E-state index in [1.807, 2.05) is 18.2 Å². The molecule has 7 aromatic carbocycles. The summed E-state index contributed by atoms with van der Waals surface area (Å²) >= 11 is 0. The molecule has 10 rings (SSSR count). The molecule has 8 aromatic rings. The average Bonchev–Trinajstić information content (AvgIpc) is 3.79. The second kappa shape index (κ2) is 12.5. The van der Waals surface area contributed by atoms with E-state index in [-0.39, 0.29) is 12.0 Å². The molecule has 0 bridgehead atoms. The second-order valence-corrected chi connectivity index (χ2v) is 13.3. The fourth-order valence-electron chi connectivity index (χ4n) is 7.75. The number of ether oxygens (including phenoxy) is 1. The highest BCUT2D eigenvalue weighted by molar-refractivity contribution is 6.10. The van der Waals surface area contributed by atoms with Crippen molar-refractivity contribution < 1.29 is 9.15 Å². The summed E-state index contributed by atoms with van der Waals surface area (Å²) in [5, 5.41) is 2.22. The monoisotopic (exact) mass is 670 g/mol. The summed E-state index contributed by atoms with van der Waals surface area (Å²) in [4.78, 5) is 4.57. The van der Waals surface area contributed by atoms with Crippen molar-refractivity contribution in [1.82, 2.24) is 0 Å². The number of allylic oxidation sites excluding steroid dienone is 2. The van der Waals surface area contributed by atoms with E-state index in [0.717, 1.165) is 72.9 Å². The van der Waals surface area contributed by atoms with Crippen LogP contribution in [0.4, 0.5) is 34.1 Å². The van der Waals surface area contributed by atoms with Crippen molar-refractivity contribution >= 4 is 56.1 Å². The molecule has 1 aromatic heterocycles. The molecule has 2 aliphatic rings. The first kappa shape index (κ1) is 30.1. The van der Waals surface area contributed by atoms with E-state index in [1.54, 1.807) is 0 Å². The molecule has 4 nitrogen and oxygen atoms in total. The lowest BCUT2D eigenvalue weighted by molar-refractivity contribution is 0.269. The fourth-order valence-corrected chi connectivity index (χ4v) is 7.75. The predicted octanol–water partition coefficient (Wildman–Crippen LogP) is 13.2. The minimum Gasteiger partial charge on any atom is -0.483 e. The molecule has 0 saturated carbocycles. The van der Waals surface area contributed by atoms with Gasteiger partial charge in [0, 0.05) is 45.0 Å². The van der Waals surface area contributed by atoms with Gasteiger partial charge >= 0.3 is 0 Å². The molecule has 0 fully saturated rings. The van der Waals surface area contributed by atoms with Crippen LogP contribution in [-0.4, -0.2) is 6.10 Å². The van der Waals surface area contributed by atoms with Gasteiger partial charge in [0.2, 0.25) is 0 Å². The first-order valence-electron chi connectivity index (χ1n) is 17.8. The van der Waals surface area contributed by atoms with Crippen LogP contribution in [0.15, 0.2) is 199 Å². The van der Waals surface area contributed by atoms with Gasteiger partial charge in [-0.15, -0.1) is 0 Å². The molecule has 0 amide bonds. The number of anilines is 6. The number of para-hydroxylation sites is 5. The molecule has 0 saturated heterocycles. The van der Waals surface area contributed by atoms with E-state index in [9.17, 15) is 0 Å². The Labute approximate surface area is 302 Å². The molecule has 0 radical (unpaired) electrons. The summed E-state index contributed by atoms with van der Waals surface area (Å²) in [7, 11) is 0. The number of hydrogen-bond acceptors (Lipinski definition) is 4. The van der Waals surface area contributed by atoms with Crippen molar-refractivity contribution in [2.75, 3.05) is 9.80 Å². The third-order valence-electron chi connectivity index (χ3n) is 10.2. The van der Waals surface area contributed by atoms with E-state index in [2.05, 4.69) is 186 Å².